The van der Waals surface area contributed by atoms with Gasteiger partial charge < -0.3 is 4.90 Å². The summed E-state index contributed by atoms with van der Waals surface area (Å²) >= 11 is 0. The highest BCUT2D eigenvalue weighted by molar-refractivity contribution is 5.78. The molecule has 0 aliphatic carbocycles. The number of rotatable bonds is 5. The molecular formula is C16H23NO. The van der Waals surface area contributed by atoms with Crippen LogP contribution in [0.2, 0.25) is 0 Å². The van der Waals surface area contributed by atoms with Crippen LogP contribution in [-0.4, -0.2) is 23.9 Å². The minimum Gasteiger partial charge on any atom is -0.342 e. The van der Waals surface area contributed by atoms with Crippen LogP contribution in [0.25, 0.3) is 0 Å². The number of carbonyl (C=O) groups is 1. The summed E-state index contributed by atoms with van der Waals surface area (Å²) in [5.41, 5.74) is 1.32. The van der Waals surface area contributed by atoms with Crippen LogP contribution >= 0.6 is 0 Å². The first-order valence-electron chi connectivity index (χ1n) is 6.97. The van der Waals surface area contributed by atoms with Crippen molar-refractivity contribution in [2.24, 2.45) is 11.8 Å². The Morgan fingerprint density at radius 1 is 1.28 bits per heavy atom. The zero-order valence-electron chi connectivity index (χ0n) is 11.4. The molecule has 0 spiro atoms. The lowest BCUT2D eigenvalue weighted by Crippen LogP contribution is -2.27. The van der Waals surface area contributed by atoms with E-state index in [1.54, 1.807) is 0 Å². The van der Waals surface area contributed by atoms with E-state index < -0.39 is 0 Å². The Bertz CT molecular complexity index is 385. The third kappa shape index (κ3) is 3.59. The van der Waals surface area contributed by atoms with Crippen LogP contribution in [0.3, 0.4) is 0 Å². The monoisotopic (exact) mass is 245 g/mol. The molecule has 2 nitrogen and oxygen atoms in total. The van der Waals surface area contributed by atoms with Gasteiger partial charge in [0.25, 0.3) is 0 Å². The second kappa shape index (κ2) is 6.03. The highest BCUT2D eigenvalue weighted by Crippen LogP contribution is 2.24. The van der Waals surface area contributed by atoms with E-state index in [-0.39, 0.29) is 0 Å². The second-order valence-electron chi connectivity index (χ2n) is 5.78. The van der Waals surface area contributed by atoms with E-state index in [0.29, 0.717) is 17.7 Å². The standard InChI is InChI=1S/C16H23NO/c1-13(2)10-15-11-16(18)17(12-15)9-8-14-6-4-3-5-7-14/h3-7,13,15H,8-12H2,1-2H3/t15-/m1/s1. The van der Waals surface area contributed by atoms with E-state index in [0.717, 1.165) is 25.9 Å². The molecule has 1 aromatic carbocycles. The third-order valence-electron chi connectivity index (χ3n) is 3.61. The Hall–Kier alpha value is -1.31. The molecule has 1 atom stereocenters. The molecule has 0 saturated carbocycles. The predicted octanol–water partition coefficient (Wildman–Crippen LogP) is 3.12. The summed E-state index contributed by atoms with van der Waals surface area (Å²) in [7, 11) is 0. The minimum atomic E-state index is 0.344. The van der Waals surface area contributed by atoms with Gasteiger partial charge in [0, 0.05) is 19.5 Å². The molecular weight excluding hydrogens is 222 g/mol. The number of hydrogen-bond acceptors (Lipinski definition) is 1. The molecule has 18 heavy (non-hydrogen) atoms. The Morgan fingerprint density at radius 2 is 2.00 bits per heavy atom. The van der Waals surface area contributed by atoms with E-state index in [9.17, 15) is 4.79 Å². The van der Waals surface area contributed by atoms with Crippen molar-refractivity contribution in [1.82, 2.24) is 4.90 Å². The lowest BCUT2D eigenvalue weighted by atomic mass is 9.96. The number of benzene rings is 1. The quantitative estimate of drug-likeness (QED) is 0.780. The van der Waals surface area contributed by atoms with E-state index in [4.69, 9.17) is 0 Å². The number of carbonyl (C=O) groups excluding carboxylic acids is 1. The van der Waals surface area contributed by atoms with Crippen LogP contribution in [0.4, 0.5) is 0 Å². The highest BCUT2D eigenvalue weighted by atomic mass is 16.2. The Balaban J connectivity index is 1.82. The van der Waals surface area contributed by atoms with Crippen molar-refractivity contribution in [3.05, 3.63) is 35.9 Å². The Kier molecular flexibility index (Phi) is 4.40. The van der Waals surface area contributed by atoms with Gasteiger partial charge in [-0.1, -0.05) is 44.2 Å². The summed E-state index contributed by atoms with van der Waals surface area (Å²) in [6.07, 6.45) is 2.90. The first-order chi connectivity index (χ1) is 8.65. The van der Waals surface area contributed by atoms with Crippen LogP contribution in [0.15, 0.2) is 30.3 Å². The van der Waals surface area contributed by atoms with Crippen molar-refractivity contribution in [2.75, 3.05) is 13.1 Å². The Labute approximate surface area is 110 Å². The van der Waals surface area contributed by atoms with Crippen LogP contribution in [0.5, 0.6) is 0 Å². The molecule has 0 radical (unpaired) electrons. The normalized spacial score (nSPS) is 19.8. The van der Waals surface area contributed by atoms with Gasteiger partial charge in [0.15, 0.2) is 0 Å². The van der Waals surface area contributed by atoms with Crippen LogP contribution in [-0.2, 0) is 11.2 Å². The van der Waals surface area contributed by atoms with Gasteiger partial charge in [0.05, 0.1) is 0 Å². The molecule has 0 aromatic heterocycles. The molecule has 1 fully saturated rings. The van der Waals surface area contributed by atoms with Gasteiger partial charge in [-0.05, 0) is 30.2 Å². The molecule has 1 aromatic rings. The lowest BCUT2D eigenvalue weighted by molar-refractivity contribution is -0.127. The first kappa shape index (κ1) is 13.1. The molecule has 1 saturated heterocycles. The number of nitrogens with zero attached hydrogens (tertiary/aromatic N) is 1. The fraction of sp³-hybridized carbons (Fsp3) is 0.562. The lowest BCUT2D eigenvalue weighted by Gasteiger charge is -2.17. The molecule has 2 heteroatoms. The van der Waals surface area contributed by atoms with Crippen molar-refractivity contribution in [3.63, 3.8) is 0 Å². The summed E-state index contributed by atoms with van der Waals surface area (Å²) in [5, 5.41) is 0. The molecule has 1 heterocycles. The van der Waals surface area contributed by atoms with Crippen molar-refractivity contribution in [2.45, 2.75) is 33.1 Å². The third-order valence-corrected chi connectivity index (χ3v) is 3.61. The number of amides is 1. The van der Waals surface area contributed by atoms with E-state index >= 15 is 0 Å². The summed E-state index contributed by atoms with van der Waals surface area (Å²) in [6.45, 7) is 6.30. The molecule has 2 rings (SSSR count). The fourth-order valence-electron chi connectivity index (χ4n) is 2.80. The summed E-state index contributed by atoms with van der Waals surface area (Å²) < 4.78 is 0. The maximum Gasteiger partial charge on any atom is 0.222 e. The van der Waals surface area contributed by atoms with Gasteiger partial charge in [0.2, 0.25) is 5.91 Å². The van der Waals surface area contributed by atoms with Gasteiger partial charge in [-0.3, -0.25) is 4.79 Å². The smallest absolute Gasteiger partial charge is 0.222 e. The predicted molar refractivity (Wildman–Crippen MR) is 74.3 cm³/mol. The SMILES string of the molecule is CC(C)C[C@@H]1CC(=O)N(CCc2ccccc2)C1. The maximum absolute atomic E-state index is 11.9. The average Bonchev–Trinajstić information content (AvgIpc) is 2.67. The van der Waals surface area contributed by atoms with E-state index in [2.05, 4.69) is 38.1 Å². The van der Waals surface area contributed by atoms with Crippen molar-refractivity contribution in [3.8, 4) is 0 Å². The van der Waals surface area contributed by atoms with Crippen LogP contribution < -0.4 is 0 Å². The zero-order valence-corrected chi connectivity index (χ0v) is 11.4. The van der Waals surface area contributed by atoms with Crippen molar-refractivity contribution >= 4 is 5.91 Å². The topological polar surface area (TPSA) is 20.3 Å². The van der Waals surface area contributed by atoms with E-state index in [1.165, 1.54) is 12.0 Å². The van der Waals surface area contributed by atoms with Crippen LogP contribution in [0, 0.1) is 11.8 Å². The number of likely N-dealkylation sites (tertiary alicyclic amines) is 1. The second-order valence-corrected chi connectivity index (χ2v) is 5.78. The summed E-state index contributed by atoms with van der Waals surface area (Å²) in [6, 6.07) is 10.4. The summed E-state index contributed by atoms with van der Waals surface area (Å²) in [5.74, 6) is 1.61. The average molecular weight is 245 g/mol. The van der Waals surface area contributed by atoms with Crippen molar-refractivity contribution in [1.29, 1.82) is 0 Å². The molecule has 1 amide bonds. The molecule has 0 bridgehead atoms. The Morgan fingerprint density at radius 3 is 2.67 bits per heavy atom. The fourth-order valence-corrected chi connectivity index (χ4v) is 2.80. The van der Waals surface area contributed by atoms with Crippen LogP contribution in [0.1, 0.15) is 32.3 Å². The summed E-state index contributed by atoms with van der Waals surface area (Å²) in [4.78, 5) is 14.0. The largest absolute Gasteiger partial charge is 0.342 e. The minimum absolute atomic E-state index is 0.344. The van der Waals surface area contributed by atoms with Gasteiger partial charge in [-0.15, -0.1) is 0 Å². The van der Waals surface area contributed by atoms with Crippen molar-refractivity contribution < 1.29 is 4.79 Å². The van der Waals surface area contributed by atoms with Gasteiger partial charge in [-0.25, -0.2) is 0 Å². The number of hydrogen-bond donors (Lipinski definition) is 0. The zero-order chi connectivity index (χ0) is 13.0. The molecule has 0 unspecified atom stereocenters. The van der Waals surface area contributed by atoms with Gasteiger partial charge >= 0.3 is 0 Å². The molecule has 1 aliphatic heterocycles. The first-order valence-corrected chi connectivity index (χ1v) is 6.97. The molecule has 1 aliphatic rings. The molecule has 0 N–H and O–H groups in total. The van der Waals surface area contributed by atoms with Gasteiger partial charge in [-0.2, -0.15) is 0 Å². The molecule has 98 valence electrons. The van der Waals surface area contributed by atoms with E-state index in [1.807, 2.05) is 11.0 Å². The van der Waals surface area contributed by atoms with Gasteiger partial charge in [0.1, 0.15) is 0 Å². The highest BCUT2D eigenvalue weighted by Gasteiger charge is 2.29. The maximum atomic E-state index is 11.9.